The molecule has 38 heavy (non-hydrogen) atoms. The molecule has 3 aliphatic rings. The van der Waals surface area contributed by atoms with Crippen LogP contribution in [0.5, 0.6) is 5.75 Å². The monoisotopic (exact) mass is 539 g/mol. The van der Waals surface area contributed by atoms with Crippen molar-refractivity contribution >= 4 is 27.5 Å². The average Bonchev–Trinajstić information content (AvgIpc) is 2.90. The Morgan fingerprint density at radius 3 is 2.37 bits per heavy atom. The van der Waals surface area contributed by atoms with E-state index in [-0.39, 0.29) is 41.7 Å². The summed E-state index contributed by atoms with van der Waals surface area (Å²) in [6, 6.07) is 15.0. The van der Waals surface area contributed by atoms with Crippen LogP contribution < -0.4 is 9.64 Å². The number of likely N-dealkylation sites (tertiary alicyclic amines) is 1. The van der Waals surface area contributed by atoms with Gasteiger partial charge in [-0.05, 0) is 67.2 Å². The van der Waals surface area contributed by atoms with Crippen molar-refractivity contribution in [2.75, 3.05) is 44.2 Å². The zero-order chi connectivity index (χ0) is 26.9. The van der Waals surface area contributed by atoms with Crippen LogP contribution in [0.3, 0.4) is 0 Å². The van der Waals surface area contributed by atoms with E-state index >= 15 is 0 Å². The van der Waals surface area contributed by atoms with Gasteiger partial charge < -0.3 is 9.64 Å². The highest BCUT2D eigenvalue weighted by Gasteiger charge is 2.35. The number of fused-ring (bicyclic) bond motifs is 1. The zero-order valence-electron chi connectivity index (χ0n) is 22.2. The second-order valence-electron chi connectivity index (χ2n) is 11.2. The second kappa shape index (κ2) is 11.1. The molecule has 3 aliphatic heterocycles. The van der Waals surface area contributed by atoms with E-state index in [9.17, 15) is 18.0 Å². The van der Waals surface area contributed by atoms with Gasteiger partial charge in [-0.2, -0.15) is 4.31 Å². The van der Waals surface area contributed by atoms with Gasteiger partial charge in [0.25, 0.3) is 5.91 Å². The van der Waals surface area contributed by atoms with Gasteiger partial charge in [0, 0.05) is 26.2 Å². The largest absolute Gasteiger partial charge is 0.482 e. The number of rotatable bonds is 6. The second-order valence-corrected chi connectivity index (χ2v) is 13.1. The third kappa shape index (κ3) is 5.73. The van der Waals surface area contributed by atoms with Crippen LogP contribution in [-0.4, -0.2) is 68.8 Å². The van der Waals surface area contributed by atoms with E-state index in [1.807, 2.05) is 11.0 Å². The van der Waals surface area contributed by atoms with Crippen molar-refractivity contribution < 1.29 is 22.7 Å². The molecule has 0 bridgehead atoms. The summed E-state index contributed by atoms with van der Waals surface area (Å²) >= 11 is 0. The van der Waals surface area contributed by atoms with Gasteiger partial charge in [-0.3, -0.25) is 14.5 Å². The van der Waals surface area contributed by atoms with E-state index in [0.717, 1.165) is 25.7 Å². The van der Waals surface area contributed by atoms with Crippen LogP contribution in [0.4, 0.5) is 5.69 Å². The molecule has 2 aromatic rings. The minimum Gasteiger partial charge on any atom is -0.482 e. The quantitative estimate of drug-likeness (QED) is 0.560. The van der Waals surface area contributed by atoms with Crippen LogP contribution in [0.25, 0.3) is 0 Å². The van der Waals surface area contributed by atoms with E-state index in [1.54, 1.807) is 6.07 Å². The van der Waals surface area contributed by atoms with Crippen LogP contribution >= 0.6 is 0 Å². The van der Waals surface area contributed by atoms with Crippen molar-refractivity contribution in [1.29, 1.82) is 0 Å². The van der Waals surface area contributed by atoms with Gasteiger partial charge in [0.15, 0.2) is 6.61 Å². The van der Waals surface area contributed by atoms with Gasteiger partial charge >= 0.3 is 0 Å². The molecule has 0 spiro atoms. The van der Waals surface area contributed by atoms with Crippen molar-refractivity contribution in [3.63, 3.8) is 0 Å². The molecule has 2 aromatic carbocycles. The number of carbonyl (C=O) groups excluding carboxylic acids is 2. The molecule has 2 fully saturated rings. The predicted octanol–water partition coefficient (Wildman–Crippen LogP) is 3.56. The zero-order valence-corrected chi connectivity index (χ0v) is 23.0. The van der Waals surface area contributed by atoms with E-state index in [1.165, 1.54) is 26.9 Å². The summed E-state index contributed by atoms with van der Waals surface area (Å²) < 4.78 is 34.1. The van der Waals surface area contributed by atoms with Crippen LogP contribution in [0.1, 0.15) is 38.7 Å². The third-order valence-corrected chi connectivity index (χ3v) is 9.80. The first-order valence-electron chi connectivity index (χ1n) is 13.6. The minimum absolute atomic E-state index is 0.120. The lowest BCUT2D eigenvalue weighted by Gasteiger charge is -2.36. The standard InChI is InChI=1S/C29H37N3O5S/c1-21-14-22(2)18-31(17-21)38(35,36)25-8-9-27-26(16-25)32(29(34)20-37-27)19-28(33)30-12-10-24(11-13-30)15-23-6-4-3-5-7-23/h3-9,16,21-22,24H,10-15,17-20H2,1-2H3/t21-,22+. The van der Waals surface area contributed by atoms with E-state index < -0.39 is 10.0 Å². The van der Waals surface area contributed by atoms with Gasteiger partial charge in [0.2, 0.25) is 15.9 Å². The highest BCUT2D eigenvalue weighted by atomic mass is 32.2. The molecule has 0 aliphatic carbocycles. The lowest BCUT2D eigenvalue weighted by Crippen LogP contribution is -2.48. The number of hydrogen-bond donors (Lipinski definition) is 0. The molecule has 0 unspecified atom stereocenters. The fourth-order valence-corrected chi connectivity index (χ4v) is 7.74. The summed E-state index contributed by atoms with van der Waals surface area (Å²) in [5.74, 6) is 1.03. The van der Waals surface area contributed by atoms with E-state index in [0.29, 0.717) is 43.5 Å². The molecule has 3 heterocycles. The van der Waals surface area contributed by atoms with Crippen molar-refractivity contribution in [3.8, 4) is 5.75 Å². The van der Waals surface area contributed by atoms with Gasteiger partial charge in [-0.25, -0.2) is 8.42 Å². The lowest BCUT2D eigenvalue weighted by atomic mass is 9.90. The number of ether oxygens (including phenoxy) is 1. The Morgan fingerprint density at radius 1 is 1.00 bits per heavy atom. The smallest absolute Gasteiger partial charge is 0.265 e. The summed E-state index contributed by atoms with van der Waals surface area (Å²) in [6.07, 6.45) is 3.84. The van der Waals surface area contributed by atoms with Gasteiger partial charge in [-0.1, -0.05) is 44.2 Å². The van der Waals surface area contributed by atoms with Crippen molar-refractivity contribution in [2.24, 2.45) is 17.8 Å². The van der Waals surface area contributed by atoms with Crippen LogP contribution in [0, 0.1) is 17.8 Å². The fraction of sp³-hybridized carbons (Fsp3) is 0.517. The fourth-order valence-electron chi connectivity index (χ4n) is 6.04. The number of piperidine rings is 2. The molecule has 0 radical (unpaired) electrons. The Hall–Kier alpha value is -2.91. The van der Waals surface area contributed by atoms with Crippen molar-refractivity contribution in [3.05, 3.63) is 54.1 Å². The van der Waals surface area contributed by atoms with Gasteiger partial charge in [0.1, 0.15) is 12.3 Å². The highest BCUT2D eigenvalue weighted by molar-refractivity contribution is 7.89. The van der Waals surface area contributed by atoms with E-state index in [4.69, 9.17) is 4.74 Å². The normalized spacial score (nSPS) is 23.2. The molecule has 2 saturated heterocycles. The number of sulfonamides is 1. The third-order valence-electron chi connectivity index (χ3n) is 7.97. The van der Waals surface area contributed by atoms with Gasteiger partial charge in [0.05, 0.1) is 10.6 Å². The molecule has 0 aromatic heterocycles. The maximum absolute atomic E-state index is 13.5. The maximum atomic E-state index is 13.5. The lowest BCUT2D eigenvalue weighted by molar-refractivity contribution is -0.133. The number of anilines is 1. The summed E-state index contributed by atoms with van der Waals surface area (Å²) in [5, 5.41) is 0. The predicted molar refractivity (Wildman–Crippen MR) is 145 cm³/mol. The summed E-state index contributed by atoms with van der Waals surface area (Å²) in [6.45, 7) is 6.09. The highest BCUT2D eigenvalue weighted by Crippen LogP contribution is 2.36. The summed E-state index contributed by atoms with van der Waals surface area (Å²) in [4.78, 5) is 29.4. The number of amides is 2. The Morgan fingerprint density at radius 2 is 1.68 bits per heavy atom. The molecule has 9 heteroatoms. The molecule has 5 rings (SSSR count). The minimum atomic E-state index is -3.74. The van der Waals surface area contributed by atoms with Crippen molar-refractivity contribution in [2.45, 2.75) is 44.4 Å². The molecular formula is C29H37N3O5S. The number of benzene rings is 2. The van der Waals surface area contributed by atoms with Gasteiger partial charge in [-0.15, -0.1) is 0 Å². The Labute approximate surface area is 225 Å². The molecule has 2 amide bonds. The SMILES string of the molecule is C[C@@H]1C[C@H](C)CN(S(=O)(=O)c2ccc3c(c2)N(CC(=O)N2CCC(Cc4ccccc4)CC2)C(=O)CO3)C1. The molecule has 0 N–H and O–H groups in total. The van der Waals surface area contributed by atoms with Crippen molar-refractivity contribution in [1.82, 2.24) is 9.21 Å². The Bertz CT molecular complexity index is 1260. The summed E-state index contributed by atoms with van der Waals surface area (Å²) in [5.41, 5.74) is 1.65. The number of hydrogen-bond acceptors (Lipinski definition) is 5. The Balaban J connectivity index is 1.28. The first kappa shape index (κ1) is 26.7. The van der Waals surface area contributed by atoms with Crippen LogP contribution in [0.15, 0.2) is 53.4 Å². The molecule has 204 valence electrons. The first-order valence-corrected chi connectivity index (χ1v) is 15.0. The van der Waals surface area contributed by atoms with Crippen LogP contribution in [-0.2, 0) is 26.0 Å². The number of nitrogens with zero attached hydrogens (tertiary/aromatic N) is 3. The Kier molecular flexibility index (Phi) is 7.77. The van der Waals surface area contributed by atoms with Crippen LogP contribution in [0.2, 0.25) is 0 Å². The van der Waals surface area contributed by atoms with E-state index in [2.05, 4.69) is 38.1 Å². The molecule has 2 atom stereocenters. The number of carbonyl (C=O) groups is 2. The average molecular weight is 540 g/mol. The topological polar surface area (TPSA) is 87.2 Å². The molecular weight excluding hydrogens is 502 g/mol. The summed E-state index contributed by atoms with van der Waals surface area (Å²) in [7, 11) is -3.74. The maximum Gasteiger partial charge on any atom is 0.265 e. The molecule has 0 saturated carbocycles. The first-order chi connectivity index (χ1) is 18.2. The molecule has 8 nitrogen and oxygen atoms in total.